The van der Waals surface area contributed by atoms with Crippen molar-refractivity contribution in [1.29, 1.82) is 0 Å². The maximum Gasteiger partial charge on any atom is 0.270 e. The average Bonchev–Trinajstić information content (AvgIpc) is 2.56. The maximum atomic E-state index is 12.8. The van der Waals surface area contributed by atoms with Crippen LogP contribution < -0.4 is 10.2 Å². The van der Waals surface area contributed by atoms with E-state index in [4.69, 9.17) is 23.8 Å². The number of benzene rings is 2. The highest BCUT2D eigenvalue weighted by Gasteiger charge is 2.34. The number of hydrogen-bond donors (Lipinski definition) is 2. The van der Waals surface area contributed by atoms with Gasteiger partial charge >= 0.3 is 0 Å². The summed E-state index contributed by atoms with van der Waals surface area (Å²) in [7, 11) is 0. The monoisotopic (exact) mass is 436 g/mol. The Morgan fingerprint density at radius 2 is 1.84 bits per heavy atom. The van der Waals surface area contributed by atoms with Crippen molar-refractivity contribution < 1.29 is 14.7 Å². The second-order valence-corrected chi connectivity index (χ2v) is 6.85. The van der Waals surface area contributed by atoms with Crippen LogP contribution in [0.1, 0.15) is 5.56 Å². The lowest BCUT2D eigenvalue weighted by molar-refractivity contribution is -0.122. The minimum absolute atomic E-state index is 0.0122. The molecule has 2 N–H and O–H groups in total. The van der Waals surface area contributed by atoms with Crippen LogP contribution in [0.25, 0.3) is 6.08 Å². The number of nitrogens with one attached hydrogen (secondary N) is 1. The molecule has 1 saturated heterocycles. The molecule has 126 valence electrons. The largest absolute Gasteiger partial charge is 0.506 e. The van der Waals surface area contributed by atoms with Gasteiger partial charge in [-0.25, -0.2) is 0 Å². The summed E-state index contributed by atoms with van der Waals surface area (Å²) in [6, 6.07) is 11.3. The molecule has 0 spiro atoms. The van der Waals surface area contributed by atoms with Gasteiger partial charge in [0.1, 0.15) is 11.3 Å². The van der Waals surface area contributed by atoms with Crippen LogP contribution in [0.15, 0.2) is 52.5 Å². The van der Waals surface area contributed by atoms with E-state index in [9.17, 15) is 14.7 Å². The van der Waals surface area contributed by atoms with Crippen LogP contribution in [0.2, 0.25) is 5.02 Å². The summed E-state index contributed by atoms with van der Waals surface area (Å²) in [5.41, 5.74) is 0.955. The molecule has 1 heterocycles. The number of carbonyl (C=O) groups is 2. The van der Waals surface area contributed by atoms with Gasteiger partial charge in [-0.2, -0.15) is 0 Å². The average molecular weight is 438 g/mol. The van der Waals surface area contributed by atoms with Gasteiger partial charge in [0.05, 0.1) is 10.7 Å². The topological polar surface area (TPSA) is 69.6 Å². The second kappa shape index (κ2) is 6.95. The molecule has 5 nitrogen and oxygen atoms in total. The molecule has 2 aromatic rings. The van der Waals surface area contributed by atoms with Gasteiger partial charge in [-0.15, -0.1) is 0 Å². The first-order valence-corrected chi connectivity index (χ1v) is 8.60. The Morgan fingerprint density at radius 3 is 2.48 bits per heavy atom. The van der Waals surface area contributed by atoms with Crippen molar-refractivity contribution in [1.82, 2.24) is 5.32 Å². The molecule has 1 aliphatic rings. The van der Waals surface area contributed by atoms with Crippen LogP contribution in [0, 0.1) is 0 Å². The van der Waals surface area contributed by atoms with Crippen LogP contribution in [0.4, 0.5) is 5.69 Å². The van der Waals surface area contributed by atoms with Crippen molar-refractivity contribution in [2.24, 2.45) is 0 Å². The Balaban J connectivity index is 2.01. The van der Waals surface area contributed by atoms with E-state index in [0.717, 1.165) is 4.47 Å². The third-order valence-electron chi connectivity index (χ3n) is 3.47. The number of nitrogens with zero attached hydrogens (tertiary/aromatic N) is 1. The molecule has 2 amide bonds. The van der Waals surface area contributed by atoms with Gasteiger partial charge in [0.25, 0.3) is 11.8 Å². The van der Waals surface area contributed by atoms with E-state index >= 15 is 0 Å². The van der Waals surface area contributed by atoms with Crippen molar-refractivity contribution >= 4 is 68.4 Å². The molecule has 1 fully saturated rings. The normalized spacial score (nSPS) is 16.3. The fraction of sp³-hybridized carbons (Fsp3) is 0. The van der Waals surface area contributed by atoms with Gasteiger partial charge in [-0.05, 0) is 60.3 Å². The molecule has 8 heteroatoms. The number of aromatic hydroxyl groups is 1. The van der Waals surface area contributed by atoms with Gasteiger partial charge in [-0.3, -0.25) is 19.8 Å². The molecular weight excluding hydrogens is 428 g/mol. The zero-order valence-electron chi connectivity index (χ0n) is 12.5. The number of amides is 2. The quantitative estimate of drug-likeness (QED) is 0.428. The minimum Gasteiger partial charge on any atom is -0.506 e. The van der Waals surface area contributed by atoms with Crippen molar-refractivity contribution in [3.8, 4) is 5.75 Å². The highest BCUT2D eigenvalue weighted by molar-refractivity contribution is 9.10. The van der Waals surface area contributed by atoms with Crippen LogP contribution in [-0.2, 0) is 9.59 Å². The molecule has 25 heavy (non-hydrogen) atoms. The lowest BCUT2D eigenvalue weighted by Gasteiger charge is -2.29. The Bertz CT molecular complexity index is 928. The molecular formula is C17H10BrClN2O3S. The number of hydrogen-bond acceptors (Lipinski definition) is 4. The molecule has 1 aliphatic heterocycles. The van der Waals surface area contributed by atoms with E-state index in [0.29, 0.717) is 11.3 Å². The molecule has 0 unspecified atom stereocenters. The van der Waals surface area contributed by atoms with Gasteiger partial charge in [0.15, 0.2) is 5.11 Å². The lowest BCUT2D eigenvalue weighted by atomic mass is 10.1. The van der Waals surface area contributed by atoms with Crippen LogP contribution in [0.5, 0.6) is 5.75 Å². The van der Waals surface area contributed by atoms with Gasteiger partial charge in [0, 0.05) is 4.47 Å². The van der Waals surface area contributed by atoms with E-state index in [1.807, 2.05) is 0 Å². The Kier molecular flexibility index (Phi) is 4.89. The summed E-state index contributed by atoms with van der Waals surface area (Å²) in [6.07, 6.45) is 1.40. The van der Waals surface area contributed by atoms with E-state index in [1.54, 1.807) is 30.3 Å². The minimum atomic E-state index is -0.590. The number of thiocarbonyl (C=S) groups is 1. The van der Waals surface area contributed by atoms with Crippen LogP contribution in [-0.4, -0.2) is 22.0 Å². The molecule has 0 saturated carbocycles. The van der Waals surface area contributed by atoms with Crippen molar-refractivity contribution in [3.63, 3.8) is 0 Å². The van der Waals surface area contributed by atoms with Crippen molar-refractivity contribution in [3.05, 3.63) is 63.1 Å². The lowest BCUT2D eigenvalue weighted by Crippen LogP contribution is -2.54. The standard InChI is InChI=1S/C17H10BrClN2O3S/c18-10-2-4-11(5-3-10)21-16(24)12(15(23)20-17(21)25)7-9-1-6-14(22)13(19)8-9/h1-8,22H,(H,20,23,25)/b12-7+. The molecule has 0 radical (unpaired) electrons. The van der Waals surface area contributed by atoms with E-state index in [-0.39, 0.29) is 21.5 Å². The molecule has 0 aliphatic carbocycles. The first kappa shape index (κ1) is 17.6. The smallest absolute Gasteiger partial charge is 0.270 e. The third-order valence-corrected chi connectivity index (χ3v) is 4.59. The first-order chi connectivity index (χ1) is 11.9. The molecule has 2 aromatic carbocycles. The predicted octanol–water partition coefficient (Wildman–Crippen LogP) is 3.64. The third kappa shape index (κ3) is 3.58. The van der Waals surface area contributed by atoms with Gasteiger partial charge < -0.3 is 5.11 Å². The SMILES string of the molecule is O=C1NC(=S)N(c2ccc(Br)cc2)C(=O)/C1=C/c1ccc(O)c(Cl)c1. The zero-order chi connectivity index (χ0) is 18.1. The van der Waals surface area contributed by atoms with Crippen molar-refractivity contribution in [2.75, 3.05) is 4.90 Å². The van der Waals surface area contributed by atoms with E-state index in [2.05, 4.69) is 21.2 Å². The molecule has 0 atom stereocenters. The van der Waals surface area contributed by atoms with Crippen LogP contribution >= 0.6 is 39.7 Å². The Hall–Kier alpha value is -2.22. The van der Waals surface area contributed by atoms with Crippen LogP contribution in [0.3, 0.4) is 0 Å². The summed E-state index contributed by atoms with van der Waals surface area (Å²) >= 11 is 14.3. The highest BCUT2D eigenvalue weighted by atomic mass is 79.9. The summed E-state index contributed by atoms with van der Waals surface area (Å²) in [5.74, 6) is -1.21. The Morgan fingerprint density at radius 1 is 1.16 bits per heavy atom. The molecule has 0 aromatic heterocycles. The van der Waals surface area contributed by atoms with Gasteiger partial charge in [0.2, 0.25) is 0 Å². The zero-order valence-corrected chi connectivity index (χ0v) is 15.7. The van der Waals surface area contributed by atoms with E-state index < -0.39 is 11.8 Å². The number of carbonyl (C=O) groups excluding carboxylic acids is 2. The number of anilines is 1. The maximum absolute atomic E-state index is 12.8. The second-order valence-electron chi connectivity index (χ2n) is 5.15. The molecule has 0 bridgehead atoms. The number of phenolic OH excluding ortho intramolecular Hbond substituents is 1. The summed E-state index contributed by atoms with van der Waals surface area (Å²) in [4.78, 5) is 26.2. The van der Waals surface area contributed by atoms with E-state index in [1.165, 1.54) is 23.1 Å². The van der Waals surface area contributed by atoms with Crippen molar-refractivity contribution in [2.45, 2.75) is 0 Å². The number of rotatable bonds is 2. The summed E-state index contributed by atoms with van der Waals surface area (Å²) in [6.45, 7) is 0. The highest BCUT2D eigenvalue weighted by Crippen LogP contribution is 2.27. The van der Waals surface area contributed by atoms with Gasteiger partial charge in [-0.1, -0.05) is 33.6 Å². The number of halogens is 2. The summed E-state index contributed by atoms with van der Waals surface area (Å²) in [5, 5.41) is 12.1. The predicted molar refractivity (Wildman–Crippen MR) is 103 cm³/mol. The number of phenols is 1. The fourth-order valence-electron chi connectivity index (χ4n) is 2.26. The fourth-order valence-corrected chi connectivity index (χ4v) is 3.00. The summed E-state index contributed by atoms with van der Waals surface area (Å²) < 4.78 is 0.852. The Labute approximate surface area is 162 Å². The first-order valence-electron chi connectivity index (χ1n) is 7.02. The molecule has 3 rings (SSSR count).